The molecule has 1 amide bonds. The zero-order valence-corrected chi connectivity index (χ0v) is 13.0. The molecule has 22 heavy (non-hydrogen) atoms. The van der Waals surface area contributed by atoms with Crippen LogP contribution in [0.25, 0.3) is 0 Å². The number of ether oxygens (including phenoxy) is 1. The highest BCUT2D eigenvalue weighted by atomic mass is 16.5. The van der Waals surface area contributed by atoms with Crippen molar-refractivity contribution in [3.8, 4) is 0 Å². The van der Waals surface area contributed by atoms with Crippen LogP contribution in [0.1, 0.15) is 44.9 Å². The van der Waals surface area contributed by atoms with Crippen molar-refractivity contribution < 1.29 is 14.6 Å². The molecule has 1 aliphatic carbocycles. The van der Waals surface area contributed by atoms with Gasteiger partial charge in [0.2, 0.25) is 5.91 Å². The van der Waals surface area contributed by atoms with Gasteiger partial charge in [-0.05, 0) is 19.3 Å². The molecular formula is C16H25N3O3. The molecule has 2 N–H and O–H groups in total. The second kappa shape index (κ2) is 6.79. The Labute approximate surface area is 130 Å². The first kappa shape index (κ1) is 15.5. The van der Waals surface area contributed by atoms with Gasteiger partial charge in [0, 0.05) is 25.1 Å². The number of nitrogens with zero attached hydrogens (tertiary/aromatic N) is 2. The minimum absolute atomic E-state index is 0.131. The fraction of sp³-hybridized carbons (Fsp3) is 0.750. The predicted octanol–water partition coefficient (Wildman–Crippen LogP) is 1.94. The lowest BCUT2D eigenvalue weighted by molar-refractivity contribution is -0.122. The third-order valence-electron chi connectivity index (χ3n) is 4.71. The molecule has 1 atom stereocenters. The van der Waals surface area contributed by atoms with Crippen LogP contribution in [0.4, 0.5) is 5.82 Å². The third-order valence-corrected chi connectivity index (χ3v) is 4.71. The Hall–Kier alpha value is -1.40. The van der Waals surface area contributed by atoms with Crippen LogP contribution in [0.3, 0.4) is 0 Å². The molecule has 122 valence electrons. The molecule has 0 spiro atoms. The van der Waals surface area contributed by atoms with Crippen molar-refractivity contribution in [1.82, 2.24) is 9.78 Å². The predicted molar refractivity (Wildman–Crippen MR) is 82.4 cm³/mol. The monoisotopic (exact) mass is 307 g/mol. The van der Waals surface area contributed by atoms with Gasteiger partial charge in [0.15, 0.2) is 0 Å². The molecule has 1 aliphatic heterocycles. The van der Waals surface area contributed by atoms with Gasteiger partial charge in [-0.1, -0.05) is 19.3 Å². The molecule has 1 aromatic heterocycles. The average molecular weight is 307 g/mol. The maximum atomic E-state index is 12.2. The summed E-state index contributed by atoms with van der Waals surface area (Å²) in [6, 6.07) is 1.80. The van der Waals surface area contributed by atoms with E-state index in [1.165, 1.54) is 0 Å². The highest BCUT2D eigenvalue weighted by Gasteiger charge is 2.32. The minimum atomic E-state index is -0.827. The van der Waals surface area contributed by atoms with Crippen molar-refractivity contribution in [3.05, 3.63) is 12.3 Å². The van der Waals surface area contributed by atoms with Crippen molar-refractivity contribution in [2.75, 3.05) is 18.5 Å². The Morgan fingerprint density at radius 3 is 3.00 bits per heavy atom. The Bertz CT molecular complexity index is 502. The quantitative estimate of drug-likeness (QED) is 0.871. The number of aliphatic hydroxyl groups is 1. The number of anilines is 1. The topological polar surface area (TPSA) is 76.4 Å². The van der Waals surface area contributed by atoms with E-state index in [2.05, 4.69) is 10.4 Å². The third kappa shape index (κ3) is 3.87. The first-order valence-electron chi connectivity index (χ1n) is 8.26. The Morgan fingerprint density at radius 1 is 1.45 bits per heavy atom. The minimum Gasteiger partial charge on any atom is -0.389 e. The van der Waals surface area contributed by atoms with E-state index in [-0.39, 0.29) is 12.3 Å². The van der Waals surface area contributed by atoms with E-state index in [4.69, 9.17) is 4.74 Å². The number of hydrogen-bond acceptors (Lipinski definition) is 4. The van der Waals surface area contributed by atoms with Crippen LogP contribution in [0.2, 0.25) is 0 Å². The zero-order chi connectivity index (χ0) is 15.4. The van der Waals surface area contributed by atoms with Gasteiger partial charge in [0.05, 0.1) is 24.8 Å². The molecule has 2 fully saturated rings. The molecule has 2 aliphatic rings. The van der Waals surface area contributed by atoms with Crippen LogP contribution in [-0.2, 0) is 16.1 Å². The second-order valence-corrected chi connectivity index (χ2v) is 6.64. The van der Waals surface area contributed by atoms with Crippen LogP contribution in [0, 0.1) is 5.92 Å². The van der Waals surface area contributed by atoms with E-state index in [0.29, 0.717) is 11.7 Å². The maximum absolute atomic E-state index is 12.2. The summed E-state index contributed by atoms with van der Waals surface area (Å²) in [6.45, 7) is 2.32. The summed E-state index contributed by atoms with van der Waals surface area (Å²) in [7, 11) is 0. The summed E-state index contributed by atoms with van der Waals surface area (Å²) in [4.78, 5) is 12.2. The molecule has 0 aromatic carbocycles. The Morgan fingerprint density at radius 2 is 2.27 bits per heavy atom. The summed E-state index contributed by atoms with van der Waals surface area (Å²) in [5.74, 6) is 1.03. The number of nitrogens with one attached hydrogen (secondary N) is 1. The number of rotatable bonds is 5. The fourth-order valence-corrected chi connectivity index (χ4v) is 3.43. The highest BCUT2D eigenvalue weighted by molar-refractivity contribution is 5.90. The second-order valence-electron chi connectivity index (χ2n) is 6.64. The SMILES string of the molecule is O=C(CC1(O)CCCCC1)Nc1ccnn1CC1CCOC1. The van der Waals surface area contributed by atoms with Crippen LogP contribution in [0.5, 0.6) is 0 Å². The van der Waals surface area contributed by atoms with Crippen LogP contribution >= 0.6 is 0 Å². The lowest BCUT2D eigenvalue weighted by Gasteiger charge is -2.31. The molecule has 1 saturated heterocycles. The van der Waals surface area contributed by atoms with Gasteiger partial charge in [-0.25, -0.2) is 4.68 Å². The average Bonchev–Trinajstić information content (AvgIpc) is 3.12. The van der Waals surface area contributed by atoms with Gasteiger partial charge in [-0.15, -0.1) is 0 Å². The molecule has 1 aromatic rings. The Balaban J connectivity index is 1.56. The van der Waals surface area contributed by atoms with Gasteiger partial charge in [-0.2, -0.15) is 5.10 Å². The number of amides is 1. The molecule has 0 bridgehead atoms. The van der Waals surface area contributed by atoms with Gasteiger partial charge in [0.25, 0.3) is 0 Å². The number of carbonyl (C=O) groups excluding carboxylic acids is 1. The molecule has 0 radical (unpaired) electrons. The fourth-order valence-electron chi connectivity index (χ4n) is 3.43. The van der Waals surface area contributed by atoms with Crippen molar-refractivity contribution in [1.29, 1.82) is 0 Å². The van der Waals surface area contributed by atoms with Gasteiger partial charge >= 0.3 is 0 Å². The summed E-state index contributed by atoms with van der Waals surface area (Å²) in [5.41, 5.74) is -0.827. The van der Waals surface area contributed by atoms with E-state index in [1.807, 2.05) is 4.68 Å². The largest absolute Gasteiger partial charge is 0.389 e. The molecule has 6 heteroatoms. The normalized spacial score (nSPS) is 24.3. The van der Waals surface area contributed by atoms with E-state index >= 15 is 0 Å². The van der Waals surface area contributed by atoms with E-state index in [1.54, 1.807) is 12.3 Å². The maximum Gasteiger partial charge on any atom is 0.228 e. The smallest absolute Gasteiger partial charge is 0.228 e. The van der Waals surface area contributed by atoms with Crippen LogP contribution in [-0.4, -0.2) is 39.6 Å². The van der Waals surface area contributed by atoms with Crippen molar-refractivity contribution in [2.45, 2.75) is 57.1 Å². The van der Waals surface area contributed by atoms with Crippen molar-refractivity contribution >= 4 is 11.7 Å². The van der Waals surface area contributed by atoms with Crippen LogP contribution < -0.4 is 5.32 Å². The van der Waals surface area contributed by atoms with E-state index in [0.717, 1.165) is 58.3 Å². The number of aromatic nitrogens is 2. The molecule has 2 heterocycles. The summed E-state index contributed by atoms with van der Waals surface area (Å²) >= 11 is 0. The van der Waals surface area contributed by atoms with Crippen LogP contribution in [0.15, 0.2) is 12.3 Å². The first-order chi connectivity index (χ1) is 10.6. The van der Waals surface area contributed by atoms with E-state index in [9.17, 15) is 9.90 Å². The van der Waals surface area contributed by atoms with Crippen molar-refractivity contribution in [3.63, 3.8) is 0 Å². The number of hydrogen-bond donors (Lipinski definition) is 2. The zero-order valence-electron chi connectivity index (χ0n) is 13.0. The molecule has 1 unspecified atom stereocenters. The first-order valence-corrected chi connectivity index (χ1v) is 8.26. The summed E-state index contributed by atoms with van der Waals surface area (Å²) in [5, 5.41) is 17.6. The van der Waals surface area contributed by atoms with Gasteiger partial charge in [0.1, 0.15) is 5.82 Å². The Kier molecular flexibility index (Phi) is 4.78. The highest BCUT2D eigenvalue weighted by Crippen LogP contribution is 2.31. The molecule has 6 nitrogen and oxygen atoms in total. The summed E-state index contributed by atoms with van der Waals surface area (Å²) < 4.78 is 7.20. The standard InChI is InChI=1S/C16H25N3O3/c20-15(10-16(21)6-2-1-3-7-16)18-14-4-8-17-19(14)11-13-5-9-22-12-13/h4,8,13,21H,1-3,5-7,9-12H2,(H,18,20). The summed E-state index contributed by atoms with van der Waals surface area (Å²) in [6.07, 6.45) is 7.50. The van der Waals surface area contributed by atoms with Crippen molar-refractivity contribution in [2.24, 2.45) is 5.92 Å². The van der Waals surface area contributed by atoms with Gasteiger partial charge in [-0.3, -0.25) is 4.79 Å². The van der Waals surface area contributed by atoms with E-state index < -0.39 is 5.60 Å². The lowest BCUT2D eigenvalue weighted by Crippen LogP contribution is -2.36. The molecule has 3 rings (SSSR count). The molecular weight excluding hydrogens is 282 g/mol. The number of carbonyl (C=O) groups is 1. The lowest BCUT2D eigenvalue weighted by atomic mass is 9.82. The van der Waals surface area contributed by atoms with Gasteiger partial charge < -0.3 is 15.2 Å². The molecule has 1 saturated carbocycles.